The summed E-state index contributed by atoms with van der Waals surface area (Å²) in [5, 5.41) is 26.4. The van der Waals surface area contributed by atoms with Gasteiger partial charge in [-0.05, 0) is 11.1 Å². The summed E-state index contributed by atoms with van der Waals surface area (Å²) in [4.78, 5) is 12.5. The van der Waals surface area contributed by atoms with Gasteiger partial charge in [0.1, 0.15) is 0 Å². The summed E-state index contributed by atoms with van der Waals surface area (Å²) in [5.41, 5.74) is 1.80. The number of aliphatic hydroxyl groups excluding tert-OH is 2. The molecule has 3 N–H and O–H groups in total. The van der Waals surface area contributed by atoms with Crippen molar-refractivity contribution in [1.29, 1.82) is 0 Å². The lowest BCUT2D eigenvalue weighted by Crippen LogP contribution is -2.29. The van der Waals surface area contributed by atoms with Crippen LogP contribution in [-0.4, -0.2) is 52.5 Å². The van der Waals surface area contributed by atoms with Crippen LogP contribution in [0.1, 0.15) is 11.1 Å². The van der Waals surface area contributed by atoms with Crippen molar-refractivity contribution in [2.24, 2.45) is 0 Å². The van der Waals surface area contributed by atoms with E-state index < -0.39 is 5.97 Å². The van der Waals surface area contributed by atoms with Crippen LogP contribution in [0.5, 0.6) is 0 Å². The van der Waals surface area contributed by atoms with Gasteiger partial charge in [-0.15, -0.1) is 0 Å². The van der Waals surface area contributed by atoms with Crippen LogP contribution < -0.4 is 0 Å². The second-order valence-corrected chi connectivity index (χ2v) is 4.11. The molecule has 100 valence electrons. The normalized spacial score (nSPS) is 10.8. The van der Waals surface area contributed by atoms with Gasteiger partial charge in [0, 0.05) is 19.6 Å². The van der Waals surface area contributed by atoms with Crippen LogP contribution >= 0.6 is 0 Å². The topological polar surface area (TPSA) is 81.0 Å². The standard InChI is InChI=1S/C13H19NO4/c15-7-5-14(6-8-16)10-12-3-1-11(2-4-12)9-13(17)18/h1-4,15-16H,5-10H2,(H,17,18). The van der Waals surface area contributed by atoms with Crippen LogP contribution in [0.3, 0.4) is 0 Å². The summed E-state index contributed by atoms with van der Waals surface area (Å²) in [6.45, 7) is 1.76. The molecule has 1 rings (SSSR count). The van der Waals surface area contributed by atoms with Crippen LogP contribution in [0.2, 0.25) is 0 Å². The van der Waals surface area contributed by atoms with Crippen LogP contribution in [-0.2, 0) is 17.8 Å². The molecule has 0 aliphatic rings. The summed E-state index contributed by atoms with van der Waals surface area (Å²) < 4.78 is 0. The predicted octanol–water partition coefficient (Wildman–Crippen LogP) is 0.100. The molecule has 1 aromatic rings. The van der Waals surface area contributed by atoms with E-state index in [1.807, 2.05) is 17.0 Å². The van der Waals surface area contributed by atoms with Gasteiger partial charge in [0.15, 0.2) is 0 Å². The Morgan fingerprint density at radius 1 is 1.00 bits per heavy atom. The Bertz CT molecular complexity index is 358. The first-order valence-corrected chi connectivity index (χ1v) is 5.89. The summed E-state index contributed by atoms with van der Waals surface area (Å²) in [7, 11) is 0. The molecular weight excluding hydrogens is 234 g/mol. The van der Waals surface area contributed by atoms with Crippen molar-refractivity contribution in [2.75, 3.05) is 26.3 Å². The monoisotopic (exact) mass is 253 g/mol. The molecule has 0 amide bonds. The maximum atomic E-state index is 10.5. The highest BCUT2D eigenvalue weighted by Crippen LogP contribution is 2.08. The van der Waals surface area contributed by atoms with Gasteiger partial charge in [0.25, 0.3) is 0 Å². The highest BCUT2D eigenvalue weighted by Gasteiger charge is 2.05. The summed E-state index contributed by atoms with van der Waals surface area (Å²) in [5.74, 6) is -0.843. The molecule has 0 aliphatic heterocycles. The first kappa shape index (κ1) is 14.6. The summed E-state index contributed by atoms with van der Waals surface area (Å²) >= 11 is 0. The van der Waals surface area contributed by atoms with Gasteiger partial charge < -0.3 is 15.3 Å². The van der Waals surface area contributed by atoms with Gasteiger partial charge in [0.05, 0.1) is 19.6 Å². The van der Waals surface area contributed by atoms with E-state index in [1.165, 1.54) is 0 Å². The van der Waals surface area contributed by atoms with Crippen molar-refractivity contribution in [2.45, 2.75) is 13.0 Å². The lowest BCUT2D eigenvalue weighted by molar-refractivity contribution is -0.136. The summed E-state index contributed by atoms with van der Waals surface area (Å²) in [6, 6.07) is 7.33. The average Bonchev–Trinajstić information content (AvgIpc) is 2.31. The van der Waals surface area contributed by atoms with E-state index in [9.17, 15) is 4.79 Å². The minimum atomic E-state index is -0.843. The zero-order valence-electron chi connectivity index (χ0n) is 10.2. The first-order valence-electron chi connectivity index (χ1n) is 5.89. The fourth-order valence-electron chi connectivity index (χ4n) is 1.75. The fourth-order valence-corrected chi connectivity index (χ4v) is 1.75. The van der Waals surface area contributed by atoms with E-state index in [0.29, 0.717) is 19.6 Å². The van der Waals surface area contributed by atoms with Crippen molar-refractivity contribution in [3.8, 4) is 0 Å². The van der Waals surface area contributed by atoms with Gasteiger partial charge in [-0.2, -0.15) is 0 Å². The van der Waals surface area contributed by atoms with E-state index in [-0.39, 0.29) is 19.6 Å². The maximum Gasteiger partial charge on any atom is 0.307 e. The smallest absolute Gasteiger partial charge is 0.307 e. The molecule has 0 saturated carbocycles. The Kier molecular flexibility index (Phi) is 6.35. The molecule has 0 fully saturated rings. The second kappa shape index (κ2) is 7.81. The van der Waals surface area contributed by atoms with Gasteiger partial charge >= 0.3 is 5.97 Å². The predicted molar refractivity (Wildman–Crippen MR) is 67.2 cm³/mol. The molecule has 0 unspecified atom stereocenters. The van der Waals surface area contributed by atoms with E-state index in [1.54, 1.807) is 12.1 Å². The zero-order chi connectivity index (χ0) is 13.4. The molecule has 1 aromatic carbocycles. The quantitative estimate of drug-likeness (QED) is 0.612. The molecular formula is C13H19NO4. The number of benzene rings is 1. The molecule has 0 radical (unpaired) electrons. The van der Waals surface area contributed by atoms with Crippen LogP contribution in [0, 0.1) is 0 Å². The third-order valence-corrected chi connectivity index (χ3v) is 2.62. The molecule has 5 nitrogen and oxygen atoms in total. The second-order valence-electron chi connectivity index (χ2n) is 4.11. The summed E-state index contributed by atoms with van der Waals surface area (Å²) in [6.07, 6.45) is 0.0251. The maximum absolute atomic E-state index is 10.5. The molecule has 0 heterocycles. The number of carbonyl (C=O) groups is 1. The van der Waals surface area contributed by atoms with E-state index in [0.717, 1.165) is 11.1 Å². The molecule has 0 saturated heterocycles. The number of hydrogen-bond acceptors (Lipinski definition) is 4. The van der Waals surface area contributed by atoms with E-state index in [2.05, 4.69) is 0 Å². The Morgan fingerprint density at radius 2 is 1.50 bits per heavy atom. The van der Waals surface area contributed by atoms with Gasteiger partial charge in [-0.3, -0.25) is 9.69 Å². The van der Waals surface area contributed by atoms with Gasteiger partial charge in [-0.1, -0.05) is 24.3 Å². The van der Waals surface area contributed by atoms with Crippen LogP contribution in [0.25, 0.3) is 0 Å². The third-order valence-electron chi connectivity index (χ3n) is 2.62. The Hall–Kier alpha value is -1.43. The SMILES string of the molecule is O=C(O)Cc1ccc(CN(CCO)CCO)cc1. The average molecular weight is 253 g/mol. The molecule has 0 atom stereocenters. The van der Waals surface area contributed by atoms with Crippen LogP contribution in [0.4, 0.5) is 0 Å². The highest BCUT2D eigenvalue weighted by atomic mass is 16.4. The number of rotatable bonds is 8. The minimum absolute atomic E-state index is 0.0251. The third kappa shape index (κ3) is 5.27. The number of aliphatic hydroxyl groups is 2. The molecule has 0 aliphatic carbocycles. The largest absolute Gasteiger partial charge is 0.481 e. The van der Waals surface area contributed by atoms with Crippen molar-refractivity contribution < 1.29 is 20.1 Å². The van der Waals surface area contributed by atoms with Gasteiger partial charge in [-0.25, -0.2) is 0 Å². The Morgan fingerprint density at radius 3 is 1.94 bits per heavy atom. The molecule has 18 heavy (non-hydrogen) atoms. The van der Waals surface area contributed by atoms with Crippen LogP contribution in [0.15, 0.2) is 24.3 Å². The molecule has 0 aromatic heterocycles. The highest BCUT2D eigenvalue weighted by molar-refractivity contribution is 5.70. The van der Waals surface area contributed by atoms with E-state index in [4.69, 9.17) is 15.3 Å². The first-order chi connectivity index (χ1) is 8.65. The van der Waals surface area contributed by atoms with Crippen molar-refractivity contribution in [3.05, 3.63) is 35.4 Å². The zero-order valence-corrected chi connectivity index (χ0v) is 10.2. The lowest BCUT2D eigenvalue weighted by atomic mass is 10.1. The van der Waals surface area contributed by atoms with Gasteiger partial charge in [0.2, 0.25) is 0 Å². The van der Waals surface area contributed by atoms with Crippen molar-refractivity contribution >= 4 is 5.97 Å². The molecule has 5 heteroatoms. The lowest BCUT2D eigenvalue weighted by Gasteiger charge is -2.20. The molecule has 0 bridgehead atoms. The minimum Gasteiger partial charge on any atom is -0.481 e. The van der Waals surface area contributed by atoms with Crippen molar-refractivity contribution in [3.63, 3.8) is 0 Å². The number of hydrogen-bond donors (Lipinski definition) is 3. The van der Waals surface area contributed by atoms with E-state index >= 15 is 0 Å². The fraction of sp³-hybridized carbons (Fsp3) is 0.462. The molecule has 0 spiro atoms. The number of aliphatic carboxylic acids is 1. The number of carboxylic acids is 1. The Labute approximate surface area is 106 Å². The Balaban J connectivity index is 2.58. The van der Waals surface area contributed by atoms with Crippen molar-refractivity contribution in [1.82, 2.24) is 4.90 Å². The number of carboxylic acid groups (broad SMARTS) is 1. The number of nitrogens with zero attached hydrogens (tertiary/aromatic N) is 1.